The molecule has 2 unspecified atom stereocenters. The first kappa shape index (κ1) is 15.4. The number of carboxylic acid groups (broad SMARTS) is 1. The van der Waals surface area contributed by atoms with Crippen LogP contribution in [-0.4, -0.2) is 42.1 Å². The van der Waals surface area contributed by atoms with Gasteiger partial charge in [-0.15, -0.1) is 0 Å². The summed E-state index contributed by atoms with van der Waals surface area (Å²) in [7, 11) is 1.62. The quantitative estimate of drug-likeness (QED) is 0.872. The Morgan fingerprint density at radius 1 is 1.43 bits per heavy atom. The highest BCUT2D eigenvalue weighted by atomic mass is 16.4. The normalized spacial score (nSPS) is 17.9. The van der Waals surface area contributed by atoms with Gasteiger partial charge in [0.25, 0.3) is 0 Å². The third-order valence-electron chi connectivity index (χ3n) is 4.07. The lowest BCUT2D eigenvalue weighted by Crippen LogP contribution is -2.42. The van der Waals surface area contributed by atoms with Crippen LogP contribution in [-0.2, 0) is 11.2 Å². The van der Waals surface area contributed by atoms with Crippen molar-refractivity contribution in [2.24, 2.45) is 5.92 Å². The van der Waals surface area contributed by atoms with Crippen LogP contribution >= 0.6 is 0 Å². The number of carbonyl (C=O) groups is 2. The molecular weight excluding hydrogens is 268 g/mol. The van der Waals surface area contributed by atoms with Crippen molar-refractivity contribution in [1.82, 2.24) is 10.2 Å². The smallest absolute Gasteiger partial charge is 0.317 e. The lowest BCUT2D eigenvalue weighted by atomic mass is 10.0. The third-order valence-corrected chi connectivity index (χ3v) is 4.07. The minimum Gasteiger partial charge on any atom is -0.481 e. The molecule has 0 aromatic heterocycles. The minimum absolute atomic E-state index is 0.211. The van der Waals surface area contributed by atoms with Gasteiger partial charge in [-0.2, -0.15) is 0 Å². The zero-order valence-electron chi connectivity index (χ0n) is 12.5. The van der Waals surface area contributed by atoms with Crippen LogP contribution < -0.4 is 5.32 Å². The first-order chi connectivity index (χ1) is 9.99. The van der Waals surface area contributed by atoms with Crippen LogP contribution in [0.4, 0.5) is 4.79 Å². The third kappa shape index (κ3) is 3.74. The number of fused-ring (bicyclic) bond motifs is 1. The summed E-state index contributed by atoms with van der Waals surface area (Å²) in [4.78, 5) is 24.2. The molecule has 0 aliphatic heterocycles. The SMILES string of the molecule is CC(CN(C)C(=O)NCC1CCc2ccccc21)C(=O)O. The van der Waals surface area contributed by atoms with Crippen LogP contribution in [0.15, 0.2) is 24.3 Å². The van der Waals surface area contributed by atoms with Crippen molar-refractivity contribution in [2.45, 2.75) is 25.7 Å². The second kappa shape index (κ2) is 6.61. The number of carbonyl (C=O) groups excluding carboxylic acids is 1. The minimum atomic E-state index is -0.889. The molecular formula is C16H22N2O3. The highest BCUT2D eigenvalue weighted by molar-refractivity contribution is 5.75. The van der Waals surface area contributed by atoms with Crippen LogP contribution in [0.5, 0.6) is 0 Å². The number of carboxylic acids is 1. The number of amides is 2. The second-order valence-corrected chi connectivity index (χ2v) is 5.74. The summed E-state index contributed by atoms with van der Waals surface area (Å²) in [6.45, 7) is 2.41. The van der Waals surface area contributed by atoms with E-state index in [9.17, 15) is 9.59 Å². The predicted molar refractivity (Wildman–Crippen MR) is 80.3 cm³/mol. The lowest BCUT2D eigenvalue weighted by molar-refractivity contribution is -0.141. The van der Waals surface area contributed by atoms with E-state index in [1.807, 2.05) is 12.1 Å². The first-order valence-electron chi connectivity index (χ1n) is 7.28. The number of benzene rings is 1. The first-order valence-corrected chi connectivity index (χ1v) is 7.28. The van der Waals surface area contributed by atoms with Crippen molar-refractivity contribution in [1.29, 1.82) is 0 Å². The highest BCUT2D eigenvalue weighted by Crippen LogP contribution is 2.32. The van der Waals surface area contributed by atoms with Gasteiger partial charge in [0.2, 0.25) is 0 Å². The Hall–Kier alpha value is -2.04. The van der Waals surface area contributed by atoms with Crippen molar-refractivity contribution in [2.75, 3.05) is 20.1 Å². The summed E-state index contributed by atoms with van der Waals surface area (Å²) in [5.74, 6) is -1.09. The Balaban J connectivity index is 1.84. The van der Waals surface area contributed by atoms with E-state index in [1.54, 1.807) is 14.0 Å². The summed E-state index contributed by atoms with van der Waals surface area (Å²) in [6, 6.07) is 8.11. The van der Waals surface area contributed by atoms with E-state index in [0.717, 1.165) is 12.8 Å². The van der Waals surface area contributed by atoms with Crippen molar-refractivity contribution >= 4 is 12.0 Å². The molecule has 0 spiro atoms. The van der Waals surface area contributed by atoms with Gasteiger partial charge in [0.05, 0.1) is 5.92 Å². The molecule has 2 amide bonds. The molecule has 1 aliphatic rings. The summed E-state index contributed by atoms with van der Waals surface area (Å²) < 4.78 is 0. The van der Waals surface area contributed by atoms with Gasteiger partial charge >= 0.3 is 12.0 Å². The molecule has 0 fully saturated rings. The Bertz CT molecular complexity index is 530. The monoisotopic (exact) mass is 290 g/mol. The topological polar surface area (TPSA) is 69.6 Å². The molecule has 2 atom stereocenters. The van der Waals surface area contributed by atoms with E-state index < -0.39 is 11.9 Å². The molecule has 0 saturated carbocycles. The van der Waals surface area contributed by atoms with E-state index in [4.69, 9.17) is 5.11 Å². The molecule has 1 aliphatic carbocycles. The van der Waals surface area contributed by atoms with E-state index in [0.29, 0.717) is 12.5 Å². The van der Waals surface area contributed by atoms with Crippen LogP contribution in [0, 0.1) is 5.92 Å². The summed E-state index contributed by atoms with van der Waals surface area (Å²) in [5, 5.41) is 11.8. The summed E-state index contributed by atoms with van der Waals surface area (Å²) >= 11 is 0. The number of nitrogens with one attached hydrogen (secondary N) is 1. The number of rotatable bonds is 5. The molecule has 21 heavy (non-hydrogen) atoms. The fourth-order valence-corrected chi connectivity index (χ4v) is 2.77. The molecule has 1 aromatic rings. The van der Waals surface area contributed by atoms with Gasteiger partial charge in [-0.05, 0) is 24.0 Å². The van der Waals surface area contributed by atoms with Gasteiger partial charge in [-0.25, -0.2) is 4.79 Å². The summed E-state index contributed by atoms with van der Waals surface area (Å²) in [5.41, 5.74) is 2.68. The maximum absolute atomic E-state index is 12.0. The largest absolute Gasteiger partial charge is 0.481 e. The molecule has 5 heteroatoms. The van der Waals surface area contributed by atoms with Crippen molar-refractivity contribution < 1.29 is 14.7 Å². The molecule has 0 heterocycles. The van der Waals surface area contributed by atoms with Crippen LogP contribution in [0.25, 0.3) is 0 Å². The van der Waals surface area contributed by atoms with E-state index >= 15 is 0 Å². The van der Waals surface area contributed by atoms with Gasteiger partial charge in [0.1, 0.15) is 0 Å². The number of nitrogens with zero attached hydrogens (tertiary/aromatic N) is 1. The molecule has 0 saturated heterocycles. The average Bonchev–Trinajstić information content (AvgIpc) is 2.87. The Morgan fingerprint density at radius 2 is 2.14 bits per heavy atom. The molecule has 0 radical (unpaired) electrons. The zero-order chi connectivity index (χ0) is 15.4. The van der Waals surface area contributed by atoms with Crippen molar-refractivity contribution in [3.8, 4) is 0 Å². The number of hydrogen-bond acceptors (Lipinski definition) is 2. The zero-order valence-corrected chi connectivity index (χ0v) is 12.5. The Labute approximate surface area is 125 Å². The van der Waals surface area contributed by atoms with Crippen LogP contribution in [0.3, 0.4) is 0 Å². The fraction of sp³-hybridized carbons (Fsp3) is 0.500. The molecule has 2 N–H and O–H groups in total. The lowest BCUT2D eigenvalue weighted by Gasteiger charge is -2.21. The molecule has 5 nitrogen and oxygen atoms in total. The Kier molecular flexibility index (Phi) is 4.83. The van der Waals surface area contributed by atoms with Crippen molar-refractivity contribution in [3.05, 3.63) is 35.4 Å². The number of aliphatic carboxylic acids is 1. The maximum Gasteiger partial charge on any atom is 0.317 e. The number of aryl methyl sites for hydroxylation is 1. The molecule has 0 bridgehead atoms. The second-order valence-electron chi connectivity index (χ2n) is 5.74. The van der Waals surface area contributed by atoms with Gasteiger partial charge in [-0.1, -0.05) is 31.2 Å². The van der Waals surface area contributed by atoms with Gasteiger partial charge < -0.3 is 15.3 Å². The predicted octanol–water partition coefficient (Wildman–Crippen LogP) is 2.08. The van der Waals surface area contributed by atoms with Crippen LogP contribution in [0.1, 0.15) is 30.4 Å². The number of urea groups is 1. The van der Waals surface area contributed by atoms with Gasteiger partial charge in [0.15, 0.2) is 0 Å². The van der Waals surface area contributed by atoms with Gasteiger partial charge in [-0.3, -0.25) is 4.79 Å². The standard InChI is InChI=1S/C16H22N2O3/c1-11(15(19)20)10-18(2)16(21)17-9-13-8-7-12-5-3-4-6-14(12)13/h3-6,11,13H,7-10H2,1-2H3,(H,17,21)(H,19,20). The molecule has 1 aromatic carbocycles. The van der Waals surface area contributed by atoms with E-state index in [2.05, 4.69) is 17.4 Å². The average molecular weight is 290 g/mol. The maximum atomic E-state index is 12.0. The summed E-state index contributed by atoms with van der Waals surface area (Å²) in [6.07, 6.45) is 2.11. The number of hydrogen-bond donors (Lipinski definition) is 2. The Morgan fingerprint density at radius 3 is 2.86 bits per heavy atom. The highest BCUT2D eigenvalue weighted by Gasteiger charge is 2.23. The molecule has 114 valence electrons. The van der Waals surface area contributed by atoms with E-state index in [-0.39, 0.29) is 12.6 Å². The van der Waals surface area contributed by atoms with Gasteiger partial charge in [0, 0.05) is 26.1 Å². The van der Waals surface area contributed by atoms with Crippen LogP contribution in [0.2, 0.25) is 0 Å². The van der Waals surface area contributed by atoms with Crippen molar-refractivity contribution in [3.63, 3.8) is 0 Å². The molecule has 2 rings (SSSR count). The fourth-order valence-electron chi connectivity index (χ4n) is 2.77. The van der Waals surface area contributed by atoms with E-state index in [1.165, 1.54) is 16.0 Å².